The molecule has 1 aromatic rings. The van der Waals surface area contributed by atoms with Gasteiger partial charge in [-0.1, -0.05) is 13.8 Å². The van der Waals surface area contributed by atoms with E-state index in [1.54, 1.807) is 12.1 Å². The van der Waals surface area contributed by atoms with Crippen LogP contribution in [0.4, 0.5) is 10.1 Å². The van der Waals surface area contributed by atoms with Gasteiger partial charge in [0.15, 0.2) is 13.1 Å². The predicted molar refractivity (Wildman–Crippen MR) is 108 cm³/mol. The number of amides is 2. The highest BCUT2D eigenvalue weighted by Crippen LogP contribution is 2.07. The van der Waals surface area contributed by atoms with E-state index in [1.807, 2.05) is 0 Å². The van der Waals surface area contributed by atoms with Crippen LogP contribution in [0.15, 0.2) is 24.3 Å². The first-order chi connectivity index (χ1) is 13.3. The normalized spacial score (nSPS) is 20.6. The Morgan fingerprint density at radius 3 is 2.00 bits per heavy atom. The molecule has 1 heterocycles. The van der Waals surface area contributed by atoms with Gasteiger partial charge < -0.3 is 20.4 Å². The van der Waals surface area contributed by atoms with Gasteiger partial charge in [0.1, 0.15) is 32.0 Å². The molecule has 0 aromatic heterocycles. The molecule has 156 valence electrons. The smallest absolute Gasteiger partial charge is 0.279 e. The number of carbonyl (C=O) groups excluding carboxylic acids is 2. The second-order valence-corrected chi connectivity index (χ2v) is 8.35. The van der Waals surface area contributed by atoms with Crippen molar-refractivity contribution in [2.75, 3.05) is 44.6 Å². The van der Waals surface area contributed by atoms with Crippen LogP contribution in [0.3, 0.4) is 0 Å². The van der Waals surface area contributed by atoms with Gasteiger partial charge in [0.2, 0.25) is 0 Å². The van der Waals surface area contributed by atoms with Crippen molar-refractivity contribution in [2.45, 2.75) is 39.7 Å². The lowest BCUT2D eigenvalue weighted by Gasteiger charge is -2.29. The van der Waals surface area contributed by atoms with E-state index < -0.39 is 0 Å². The van der Waals surface area contributed by atoms with Gasteiger partial charge in [-0.2, -0.15) is 0 Å². The maximum Gasteiger partial charge on any atom is 0.279 e. The van der Waals surface area contributed by atoms with Crippen molar-refractivity contribution in [3.05, 3.63) is 30.1 Å². The van der Waals surface area contributed by atoms with Crippen LogP contribution in [0.1, 0.15) is 33.6 Å². The molecule has 1 aromatic carbocycles. The molecule has 0 aliphatic carbocycles. The van der Waals surface area contributed by atoms with E-state index in [2.05, 4.69) is 31.4 Å². The molecule has 1 aliphatic heterocycles. The summed E-state index contributed by atoms with van der Waals surface area (Å²) in [5.41, 5.74) is 0.610. The highest BCUT2D eigenvalue weighted by atomic mass is 19.1. The lowest BCUT2D eigenvalue weighted by atomic mass is 10.0. The Hall–Kier alpha value is -1.99. The van der Waals surface area contributed by atoms with Crippen LogP contribution >= 0.6 is 0 Å². The van der Waals surface area contributed by atoms with Crippen LogP contribution in [-0.2, 0) is 9.59 Å². The molecule has 1 fully saturated rings. The fraction of sp³-hybridized carbons (Fsp3) is 0.619. The Bertz CT molecular complexity index is 628. The first-order valence-electron chi connectivity index (χ1n) is 10.3. The Morgan fingerprint density at radius 2 is 1.46 bits per heavy atom. The maximum absolute atomic E-state index is 12.9. The Morgan fingerprint density at radius 1 is 0.929 bits per heavy atom. The molecular weight excluding hydrogens is 359 g/mol. The van der Waals surface area contributed by atoms with Gasteiger partial charge >= 0.3 is 0 Å². The summed E-state index contributed by atoms with van der Waals surface area (Å²) in [5.74, 6) is 0.382. The zero-order valence-electron chi connectivity index (χ0n) is 17.3. The Kier molecular flexibility index (Phi) is 8.86. The van der Waals surface area contributed by atoms with Gasteiger partial charge in [0, 0.05) is 11.7 Å². The van der Waals surface area contributed by atoms with Crippen LogP contribution in [0.2, 0.25) is 0 Å². The number of carbonyl (C=O) groups is 2. The van der Waals surface area contributed by atoms with Gasteiger partial charge in [-0.05, 0) is 49.9 Å². The molecule has 2 rings (SSSR count). The fourth-order valence-electron chi connectivity index (χ4n) is 3.48. The topological polar surface area (TPSA) is 67.1 Å². The largest absolute Gasteiger partial charge is 0.349 e. The third-order valence-corrected chi connectivity index (χ3v) is 5.20. The molecule has 0 bridgehead atoms. The molecule has 0 saturated carbocycles. The second-order valence-electron chi connectivity index (χ2n) is 8.35. The van der Waals surface area contributed by atoms with Gasteiger partial charge in [-0.3, -0.25) is 9.59 Å². The zero-order chi connectivity index (χ0) is 20.5. The predicted octanol–water partition coefficient (Wildman–Crippen LogP) is -0.511. The number of nitrogens with one attached hydrogen (secondary N) is 4. The number of piperazine rings is 1. The van der Waals surface area contributed by atoms with E-state index in [-0.39, 0.29) is 23.7 Å². The van der Waals surface area contributed by atoms with Crippen molar-refractivity contribution in [1.29, 1.82) is 0 Å². The number of benzene rings is 1. The standard InChI is InChI=1S/C21H33FN4O2/c1-16(2)4-5-17(3)23-20(27)14-25-10-12-26(13-11-25)15-21(28)24-19-8-6-18(22)7-9-19/h6-9,16-17H,4-5,10-15H2,1-3H3,(H,23,27)(H,24,28)/p+2/t17-/m0/s1. The Balaban J connectivity index is 1.64. The number of halogens is 1. The van der Waals surface area contributed by atoms with Gasteiger partial charge in [-0.25, -0.2) is 4.39 Å². The molecule has 1 aliphatic rings. The zero-order valence-corrected chi connectivity index (χ0v) is 17.3. The summed E-state index contributed by atoms with van der Waals surface area (Å²) < 4.78 is 12.9. The lowest BCUT2D eigenvalue weighted by Crippen LogP contribution is -3.28. The monoisotopic (exact) mass is 394 g/mol. The second kappa shape index (κ2) is 11.1. The minimum Gasteiger partial charge on any atom is -0.349 e. The summed E-state index contributed by atoms with van der Waals surface area (Å²) in [7, 11) is 0. The van der Waals surface area contributed by atoms with Crippen molar-refractivity contribution in [3.63, 3.8) is 0 Å². The molecular formula is C21H35FN4O2+2. The number of quaternary nitrogens is 2. The third-order valence-electron chi connectivity index (χ3n) is 5.20. The van der Waals surface area contributed by atoms with Crippen LogP contribution in [-0.4, -0.2) is 57.1 Å². The number of anilines is 1. The van der Waals surface area contributed by atoms with Crippen molar-refractivity contribution in [1.82, 2.24) is 5.32 Å². The molecule has 6 nitrogen and oxygen atoms in total. The molecule has 2 amide bonds. The number of rotatable bonds is 9. The van der Waals surface area contributed by atoms with Crippen molar-refractivity contribution in [3.8, 4) is 0 Å². The highest BCUT2D eigenvalue weighted by Gasteiger charge is 2.26. The molecule has 1 saturated heterocycles. The van der Waals surface area contributed by atoms with E-state index in [9.17, 15) is 14.0 Å². The maximum atomic E-state index is 12.9. The van der Waals surface area contributed by atoms with E-state index >= 15 is 0 Å². The number of hydrogen-bond donors (Lipinski definition) is 4. The average Bonchev–Trinajstić information content (AvgIpc) is 2.63. The average molecular weight is 395 g/mol. The molecule has 28 heavy (non-hydrogen) atoms. The van der Waals surface area contributed by atoms with Gasteiger partial charge in [0.25, 0.3) is 11.8 Å². The van der Waals surface area contributed by atoms with E-state index in [4.69, 9.17) is 0 Å². The minimum atomic E-state index is -0.318. The summed E-state index contributed by atoms with van der Waals surface area (Å²) in [5, 5.41) is 5.90. The van der Waals surface area contributed by atoms with Crippen molar-refractivity contribution >= 4 is 17.5 Å². The molecule has 0 spiro atoms. The quantitative estimate of drug-likeness (QED) is 0.456. The first kappa shape index (κ1) is 22.3. The summed E-state index contributed by atoms with van der Waals surface area (Å²) in [4.78, 5) is 26.9. The van der Waals surface area contributed by atoms with E-state index in [1.165, 1.54) is 21.9 Å². The third kappa shape index (κ3) is 8.35. The SMILES string of the molecule is CC(C)CC[C@H](C)NC(=O)C[NH+]1CC[NH+](CC(=O)Nc2ccc(F)cc2)CC1. The van der Waals surface area contributed by atoms with E-state index in [0.717, 1.165) is 39.0 Å². The van der Waals surface area contributed by atoms with E-state index in [0.29, 0.717) is 24.7 Å². The fourth-order valence-corrected chi connectivity index (χ4v) is 3.48. The highest BCUT2D eigenvalue weighted by molar-refractivity contribution is 5.91. The summed E-state index contributed by atoms with van der Waals surface area (Å²) in [6.07, 6.45) is 2.14. The molecule has 0 unspecified atom stereocenters. The van der Waals surface area contributed by atoms with Crippen molar-refractivity contribution < 1.29 is 23.8 Å². The molecule has 0 radical (unpaired) electrons. The van der Waals surface area contributed by atoms with Gasteiger partial charge in [0.05, 0.1) is 0 Å². The molecule has 4 N–H and O–H groups in total. The Labute approximate surface area is 167 Å². The molecule has 7 heteroatoms. The first-order valence-corrected chi connectivity index (χ1v) is 10.3. The lowest BCUT2D eigenvalue weighted by molar-refractivity contribution is -1.00. The van der Waals surface area contributed by atoms with Crippen LogP contribution in [0.25, 0.3) is 0 Å². The van der Waals surface area contributed by atoms with Gasteiger partial charge in [-0.15, -0.1) is 0 Å². The van der Waals surface area contributed by atoms with Crippen molar-refractivity contribution in [2.24, 2.45) is 5.92 Å². The van der Waals surface area contributed by atoms with Crippen LogP contribution < -0.4 is 20.4 Å². The van der Waals surface area contributed by atoms with Crippen LogP contribution in [0, 0.1) is 11.7 Å². The number of hydrogen-bond acceptors (Lipinski definition) is 2. The minimum absolute atomic E-state index is 0.0678. The summed E-state index contributed by atoms with van der Waals surface area (Å²) >= 11 is 0. The molecule has 1 atom stereocenters. The summed E-state index contributed by atoms with van der Waals surface area (Å²) in [6, 6.07) is 6.01. The summed E-state index contributed by atoms with van der Waals surface area (Å²) in [6.45, 7) is 10.8. The van der Waals surface area contributed by atoms with Crippen LogP contribution in [0.5, 0.6) is 0 Å².